The molecule has 1 saturated carbocycles. The molecule has 1 aliphatic carbocycles. The van der Waals surface area contributed by atoms with Gasteiger partial charge in [-0.1, -0.05) is 12.1 Å². The molecule has 102 valence electrons. The normalized spacial score (nSPS) is 15.6. The van der Waals surface area contributed by atoms with E-state index in [0.29, 0.717) is 6.54 Å². The number of carbonyl (C=O) groups excluding carboxylic acids is 1. The van der Waals surface area contributed by atoms with Gasteiger partial charge in [-0.2, -0.15) is 0 Å². The average Bonchev–Trinajstić information content (AvgIpc) is 3.28. The fourth-order valence-corrected chi connectivity index (χ4v) is 2.43. The predicted octanol–water partition coefficient (Wildman–Crippen LogP) is 2.01. The van der Waals surface area contributed by atoms with Gasteiger partial charge < -0.3 is 11.1 Å². The van der Waals surface area contributed by atoms with Crippen molar-refractivity contribution in [3.8, 4) is 0 Å². The van der Waals surface area contributed by atoms with Gasteiger partial charge in [0, 0.05) is 24.6 Å². The topological polar surface area (TPSA) is 68.0 Å². The zero-order valence-corrected chi connectivity index (χ0v) is 11.2. The van der Waals surface area contributed by atoms with Crippen molar-refractivity contribution >= 4 is 11.6 Å². The second-order valence-corrected chi connectivity index (χ2v) is 5.24. The van der Waals surface area contributed by atoms with Crippen LogP contribution in [0.3, 0.4) is 0 Å². The fraction of sp³-hybridized carbons (Fsp3) is 0.250. The molecule has 4 nitrogen and oxygen atoms in total. The van der Waals surface area contributed by atoms with Gasteiger partial charge in [-0.3, -0.25) is 9.78 Å². The molecule has 3 N–H and O–H groups in total. The minimum Gasteiger partial charge on any atom is -0.399 e. The number of hydrogen-bond donors (Lipinski definition) is 2. The van der Waals surface area contributed by atoms with Gasteiger partial charge in [0.2, 0.25) is 5.91 Å². The molecule has 4 heteroatoms. The zero-order chi connectivity index (χ0) is 14.0. The molecule has 0 atom stereocenters. The zero-order valence-electron chi connectivity index (χ0n) is 11.2. The maximum atomic E-state index is 12.4. The number of aromatic nitrogens is 1. The Kier molecular flexibility index (Phi) is 3.14. The highest BCUT2D eigenvalue weighted by Crippen LogP contribution is 2.48. The number of rotatable bonds is 4. The van der Waals surface area contributed by atoms with Gasteiger partial charge in [-0.05, 0) is 48.2 Å². The quantitative estimate of drug-likeness (QED) is 0.833. The van der Waals surface area contributed by atoms with Gasteiger partial charge in [0.1, 0.15) is 0 Å². The van der Waals surface area contributed by atoms with Crippen molar-refractivity contribution < 1.29 is 4.79 Å². The van der Waals surface area contributed by atoms with Crippen LogP contribution in [0.1, 0.15) is 24.0 Å². The number of nitrogen functional groups attached to an aromatic ring is 1. The van der Waals surface area contributed by atoms with E-state index < -0.39 is 0 Å². The summed E-state index contributed by atoms with van der Waals surface area (Å²) < 4.78 is 0. The molecule has 1 fully saturated rings. The van der Waals surface area contributed by atoms with Crippen molar-refractivity contribution in [2.75, 3.05) is 5.73 Å². The number of anilines is 1. The molecule has 1 heterocycles. The van der Waals surface area contributed by atoms with Crippen LogP contribution in [0.25, 0.3) is 0 Å². The van der Waals surface area contributed by atoms with Crippen LogP contribution in [0, 0.1) is 0 Å². The van der Waals surface area contributed by atoms with E-state index in [2.05, 4.69) is 10.3 Å². The van der Waals surface area contributed by atoms with Crippen molar-refractivity contribution in [2.24, 2.45) is 0 Å². The maximum absolute atomic E-state index is 12.4. The predicted molar refractivity (Wildman–Crippen MR) is 77.9 cm³/mol. The third-order valence-corrected chi connectivity index (χ3v) is 3.85. The van der Waals surface area contributed by atoms with Crippen molar-refractivity contribution in [3.05, 3.63) is 59.9 Å². The number of amides is 1. The monoisotopic (exact) mass is 267 g/mol. The minimum atomic E-state index is -0.346. The average molecular weight is 267 g/mol. The van der Waals surface area contributed by atoms with E-state index in [1.165, 1.54) is 0 Å². The number of nitrogens with two attached hydrogens (primary N) is 1. The van der Waals surface area contributed by atoms with Crippen molar-refractivity contribution in [2.45, 2.75) is 24.8 Å². The standard InChI is InChI=1S/C16H17N3O/c17-14-3-1-13(2-4-14)16(7-8-16)15(20)19-11-12-5-9-18-10-6-12/h1-6,9-10H,7-8,11,17H2,(H,19,20). The van der Waals surface area contributed by atoms with Gasteiger partial charge in [0.15, 0.2) is 0 Å². The highest BCUT2D eigenvalue weighted by molar-refractivity contribution is 5.91. The lowest BCUT2D eigenvalue weighted by Gasteiger charge is -2.16. The Morgan fingerprint density at radius 2 is 1.80 bits per heavy atom. The van der Waals surface area contributed by atoms with E-state index in [1.807, 2.05) is 36.4 Å². The number of nitrogens with one attached hydrogen (secondary N) is 1. The smallest absolute Gasteiger partial charge is 0.230 e. The Hall–Kier alpha value is -2.36. The van der Waals surface area contributed by atoms with E-state index in [0.717, 1.165) is 29.7 Å². The molecular weight excluding hydrogens is 250 g/mol. The minimum absolute atomic E-state index is 0.0964. The van der Waals surface area contributed by atoms with Crippen LogP contribution in [-0.4, -0.2) is 10.9 Å². The van der Waals surface area contributed by atoms with E-state index in [9.17, 15) is 4.79 Å². The molecule has 3 rings (SSSR count). The van der Waals surface area contributed by atoms with Crippen molar-refractivity contribution in [1.82, 2.24) is 10.3 Å². The van der Waals surface area contributed by atoms with E-state index >= 15 is 0 Å². The third-order valence-electron chi connectivity index (χ3n) is 3.85. The molecule has 0 radical (unpaired) electrons. The molecule has 0 unspecified atom stereocenters. The summed E-state index contributed by atoms with van der Waals surface area (Å²) in [6, 6.07) is 11.4. The summed E-state index contributed by atoms with van der Waals surface area (Å²) >= 11 is 0. The molecule has 0 saturated heterocycles. The molecule has 1 aromatic heterocycles. The summed E-state index contributed by atoms with van der Waals surface area (Å²) in [5.74, 6) is 0.0964. The first kappa shape index (κ1) is 12.7. The Labute approximate surface area is 118 Å². The lowest BCUT2D eigenvalue weighted by molar-refractivity contribution is -0.123. The van der Waals surface area contributed by atoms with Gasteiger partial charge in [0.25, 0.3) is 0 Å². The van der Waals surface area contributed by atoms with Crippen molar-refractivity contribution in [1.29, 1.82) is 0 Å². The lowest BCUT2D eigenvalue weighted by atomic mass is 9.94. The van der Waals surface area contributed by atoms with Crippen LogP contribution in [0.4, 0.5) is 5.69 Å². The molecule has 0 spiro atoms. The van der Waals surface area contributed by atoms with Crippen LogP contribution in [0.5, 0.6) is 0 Å². The molecule has 1 aromatic carbocycles. The molecule has 0 aliphatic heterocycles. The van der Waals surface area contributed by atoms with Crippen LogP contribution >= 0.6 is 0 Å². The van der Waals surface area contributed by atoms with Gasteiger partial charge >= 0.3 is 0 Å². The number of carbonyl (C=O) groups is 1. The summed E-state index contributed by atoms with van der Waals surface area (Å²) in [7, 11) is 0. The number of hydrogen-bond acceptors (Lipinski definition) is 3. The number of nitrogens with zero attached hydrogens (tertiary/aromatic N) is 1. The molecule has 1 amide bonds. The molecular formula is C16H17N3O. The first-order valence-corrected chi connectivity index (χ1v) is 6.74. The van der Waals surface area contributed by atoms with Crippen LogP contribution < -0.4 is 11.1 Å². The Morgan fingerprint density at radius 3 is 2.40 bits per heavy atom. The summed E-state index contributed by atoms with van der Waals surface area (Å²) in [5.41, 5.74) is 8.18. The van der Waals surface area contributed by atoms with Crippen molar-refractivity contribution in [3.63, 3.8) is 0 Å². The van der Waals surface area contributed by atoms with Gasteiger partial charge in [-0.15, -0.1) is 0 Å². The number of pyridine rings is 1. The first-order chi connectivity index (χ1) is 9.71. The fourth-order valence-electron chi connectivity index (χ4n) is 2.43. The Morgan fingerprint density at radius 1 is 1.15 bits per heavy atom. The maximum Gasteiger partial charge on any atom is 0.230 e. The van der Waals surface area contributed by atoms with Crippen LogP contribution in [-0.2, 0) is 16.8 Å². The second-order valence-electron chi connectivity index (χ2n) is 5.24. The highest BCUT2D eigenvalue weighted by Gasteiger charge is 2.50. The summed E-state index contributed by atoms with van der Waals surface area (Å²) in [6.07, 6.45) is 5.26. The van der Waals surface area contributed by atoms with E-state index in [4.69, 9.17) is 5.73 Å². The van der Waals surface area contributed by atoms with E-state index in [-0.39, 0.29) is 11.3 Å². The van der Waals surface area contributed by atoms with Gasteiger partial charge in [0.05, 0.1) is 5.41 Å². The van der Waals surface area contributed by atoms with E-state index in [1.54, 1.807) is 12.4 Å². The summed E-state index contributed by atoms with van der Waals surface area (Å²) in [4.78, 5) is 16.4. The largest absolute Gasteiger partial charge is 0.399 e. The second kappa shape index (κ2) is 4.96. The van der Waals surface area contributed by atoms with Crippen LogP contribution in [0.15, 0.2) is 48.8 Å². The van der Waals surface area contributed by atoms with Crippen LogP contribution in [0.2, 0.25) is 0 Å². The molecule has 2 aromatic rings. The highest BCUT2D eigenvalue weighted by atomic mass is 16.2. The third kappa shape index (κ3) is 2.37. The Balaban J connectivity index is 1.69. The number of benzene rings is 1. The summed E-state index contributed by atoms with van der Waals surface area (Å²) in [6.45, 7) is 0.540. The molecule has 1 aliphatic rings. The Bertz CT molecular complexity index is 603. The SMILES string of the molecule is Nc1ccc(C2(C(=O)NCc3ccncc3)CC2)cc1. The molecule has 0 bridgehead atoms. The first-order valence-electron chi connectivity index (χ1n) is 6.74. The lowest BCUT2D eigenvalue weighted by Crippen LogP contribution is -2.34. The molecule has 20 heavy (non-hydrogen) atoms. The summed E-state index contributed by atoms with van der Waals surface area (Å²) in [5, 5.41) is 3.02. The van der Waals surface area contributed by atoms with Gasteiger partial charge in [-0.25, -0.2) is 0 Å².